The van der Waals surface area contributed by atoms with Crippen LogP contribution < -0.4 is 0 Å². The van der Waals surface area contributed by atoms with Crippen LogP contribution in [-0.2, 0) is 6.54 Å². The molecule has 0 amide bonds. The molecule has 1 aromatic heterocycles. The van der Waals surface area contributed by atoms with E-state index < -0.39 is 0 Å². The highest BCUT2D eigenvalue weighted by atomic mass is 79.9. The Balaban J connectivity index is 2.02. The third-order valence-corrected chi connectivity index (χ3v) is 3.97. The third kappa shape index (κ3) is 2.83. The minimum Gasteiger partial charge on any atom is -0.299 e. The van der Waals surface area contributed by atoms with Crippen LogP contribution in [0.3, 0.4) is 0 Å². The second-order valence-electron chi connectivity index (χ2n) is 4.73. The number of aryl methyl sites for hydroxylation is 1. The molecule has 1 heterocycles. The zero-order valence-corrected chi connectivity index (χ0v) is 11.6. The molecule has 1 fully saturated rings. The quantitative estimate of drug-likeness (QED) is 0.789. The van der Waals surface area contributed by atoms with Crippen LogP contribution >= 0.6 is 15.9 Å². The van der Waals surface area contributed by atoms with E-state index in [1.165, 1.54) is 31.2 Å². The number of nitrogens with zero attached hydrogens (tertiary/aromatic N) is 2. The molecule has 2 rings (SSSR count). The highest BCUT2D eigenvalue weighted by Gasteiger charge is 2.19. The molecule has 0 aliphatic heterocycles. The number of halogens is 1. The van der Waals surface area contributed by atoms with Gasteiger partial charge in [-0.15, -0.1) is 0 Å². The summed E-state index contributed by atoms with van der Waals surface area (Å²) < 4.78 is 0.928. The Morgan fingerprint density at radius 3 is 2.69 bits per heavy atom. The molecule has 1 aromatic rings. The Morgan fingerprint density at radius 1 is 1.38 bits per heavy atom. The molecule has 0 saturated heterocycles. The molecule has 1 aliphatic rings. The zero-order chi connectivity index (χ0) is 11.5. The van der Waals surface area contributed by atoms with E-state index in [1.54, 1.807) is 0 Å². The highest BCUT2D eigenvalue weighted by molar-refractivity contribution is 9.10. The molecule has 0 aromatic carbocycles. The Labute approximate surface area is 106 Å². The lowest BCUT2D eigenvalue weighted by atomic mass is 10.1. The minimum absolute atomic E-state index is 0.781. The van der Waals surface area contributed by atoms with Crippen molar-refractivity contribution in [3.63, 3.8) is 0 Å². The molecule has 88 valence electrons. The van der Waals surface area contributed by atoms with Crippen molar-refractivity contribution in [3.8, 4) is 0 Å². The molecule has 0 atom stereocenters. The summed E-state index contributed by atoms with van der Waals surface area (Å²) in [6.45, 7) is 3.11. The van der Waals surface area contributed by atoms with Gasteiger partial charge in [0.25, 0.3) is 0 Å². The maximum Gasteiger partial charge on any atom is 0.106 e. The van der Waals surface area contributed by atoms with Crippen molar-refractivity contribution in [1.82, 2.24) is 9.88 Å². The lowest BCUT2D eigenvalue weighted by Gasteiger charge is -2.24. The summed E-state index contributed by atoms with van der Waals surface area (Å²) in [4.78, 5) is 6.92. The van der Waals surface area contributed by atoms with Crippen molar-refractivity contribution in [2.45, 2.75) is 45.2 Å². The largest absolute Gasteiger partial charge is 0.299 e. The molecule has 16 heavy (non-hydrogen) atoms. The van der Waals surface area contributed by atoms with Gasteiger partial charge >= 0.3 is 0 Å². The van der Waals surface area contributed by atoms with E-state index in [2.05, 4.69) is 45.9 Å². The van der Waals surface area contributed by atoms with Crippen LogP contribution in [0.4, 0.5) is 0 Å². The highest BCUT2D eigenvalue weighted by Crippen LogP contribution is 2.24. The molecule has 3 heteroatoms. The van der Waals surface area contributed by atoms with Crippen molar-refractivity contribution >= 4 is 15.9 Å². The van der Waals surface area contributed by atoms with Crippen molar-refractivity contribution in [2.24, 2.45) is 0 Å². The first-order chi connectivity index (χ1) is 7.66. The van der Waals surface area contributed by atoms with Crippen LogP contribution in [0.2, 0.25) is 0 Å². The molecule has 0 bridgehead atoms. The average Bonchev–Trinajstić information content (AvgIpc) is 2.75. The maximum atomic E-state index is 4.44. The lowest BCUT2D eigenvalue weighted by molar-refractivity contribution is 0.236. The Morgan fingerprint density at radius 2 is 2.06 bits per heavy atom. The van der Waals surface area contributed by atoms with Crippen LogP contribution in [0.25, 0.3) is 0 Å². The van der Waals surface area contributed by atoms with Crippen LogP contribution in [0.5, 0.6) is 0 Å². The van der Waals surface area contributed by atoms with E-state index in [-0.39, 0.29) is 0 Å². The molecule has 0 radical (unpaired) electrons. The van der Waals surface area contributed by atoms with Crippen LogP contribution in [0.15, 0.2) is 16.7 Å². The van der Waals surface area contributed by atoms with Crippen LogP contribution in [-0.4, -0.2) is 23.0 Å². The smallest absolute Gasteiger partial charge is 0.106 e. The number of aromatic nitrogens is 1. The molecule has 1 aliphatic carbocycles. The van der Waals surface area contributed by atoms with E-state index in [0.29, 0.717) is 0 Å². The van der Waals surface area contributed by atoms with E-state index in [0.717, 1.165) is 22.9 Å². The van der Waals surface area contributed by atoms with Gasteiger partial charge in [0.15, 0.2) is 0 Å². The predicted octanol–water partition coefficient (Wildman–Crippen LogP) is 3.53. The van der Waals surface area contributed by atoms with E-state index in [1.807, 2.05) is 6.07 Å². The Hall–Kier alpha value is -0.410. The zero-order valence-electron chi connectivity index (χ0n) is 10.0. The second-order valence-corrected chi connectivity index (χ2v) is 5.54. The van der Waals surface area contributed by atoms with Crippen molar-refractivity contribution in [3.05, 3.63) is 28.0 Å². The fourth-order valence-electron chi connectivity index (χ4n) is 2.47. The third-order valence-electron chi connectivity index (χ3n) is 3.53. The van der Waals surface area contributed by atoms with Gasteiger partial charge in [-0.2, -0.15) is 0 Å². The summed E-state index contributed by atoms with van der Waals surface area (Å²) in [5.74, 6) is 0. The van der Waals surface area contributed by atoms with E-state index in [4.69, 9.17) is 0 Å². The molecule has 0 unspecified atom stereocenters. The SMILES string of the molecule is Cc1nc(Br)ccc1CN(C)C1CCCC1. The normalized spacial score (nSPS) is 17.2. The van der Waals surface area contributed by atoms with E-state index >= 15 is 0 Å². The molecule has 0 N–H and O–H groups in total. The molecular weight excluding hydrogens is 264 g/mol. The Bertz CT molecular complexity index is 359. The average molecular weight is 283 g/mol. The van der Waals surface area contributed by atoms with Gasteiger partial charge in [-0.1, -0.05) is 18.9 Å². The predicted molar refractivity (Wildman–Crippen MR) is 70.4 cm³/mol. The summed E-state index contributed by atoms with van der Waals surface area (Å²) in [6, 6.07) is 4.99. The number of pyridine rings is 1. The molecule has 2 nitrogen and oxygen atoms in total. The minimum atomic E-state index is 0.781. The summed E-state index contributed by atoms with van der Waals surface area (Å²) in [7, 11) is 2.23. The number of hydrogen-bond acceptors (Lipinski definition) is 2. The van der Waals surface area contributed by atoms with Gasteiger partial charge in [-0.05, 0) is 54.4 Å². The van der Waals surface area contributed by atoms with Crippen molar-refractivity contribution in [1.29, 1.82) is 0 Å². The summed E-state index contributed by atoms with van der Waals surface area (Å²) >= 11 is 3.40. The van der Waals surface area contributed by atoms with Crippen molar-refractivity contribution < 1.29 is 0 Å². The lowest BCUT2D eigenvalue weighted by Crippen LogP contribution is -2.28. The number of rotatable bonds is 3. The van der Waals surface area contributed by atoms with Gasteiger partial charge in [-0.25, -0.2) is 4.98 Å². The van der Waals surface area contributed by atoms with Crippen LogP contribution in [0.1, 0.15) is 36.9 Å². The Kier molecular flexibility index (Phi) is 3.98. The van der Waals surface area contributed by atoms with Crippen LogP contribution in [0, 0.1) is 6.92 Å². The topological polar surface area (TPSA) is 16.1 Å². The van der Waals surface area contributed by atoms with E-state index in [9.17, 15) is 0 Å². The fraction of sp³-hybridized carbons (Fsp3) is 0.615. The van der Waals surface area contributed by atoms with Gasteiger partial charge in [0.05, 0.1) is 0 Å². The van der Waals surface area contributed by atoms with Gasteiger partial charge in [0, 0.05) is 18.3 Å². The second kappa shape index (κ2) is 5.28. The molecule has 0 spiro atoms. The molecule has 1 saturated carbocycles. The summed E-state index contributed by atoms with van der Waals surface area (Å²) in [5.41, 5.74) is 2.48. The molecular formula is C13H19BrN2. The standard InChI is InChI=1S/C13H19BrN2/c1-10-11(7-8-13(14)15-10)9-16(2)12-5-3-4-6-12/h7-8,12H,3-6,9H2,1-2H3. The van der Waals surface area contributed by atoms with Gasteiger partial charge < -0.3 is 0 Å². The van der Waals surface area contributed by atoms with Gasteiger partial charge in [-0.3, -0.25) is 4.90 Å². The summed E-state index contributed by atoms with van der Waals surface area (Å²) in [5, 5.41) is 0. The van der Waals surface area contributed by atoms with Gasteiger partial charge in [0.2, 0.25) is 0 Å². The maximum absolute atomic E-state index is 4.44. The first-order valence-corrected chi connectivity index (χ1v) is 6.78. The van der Waals surface area contributed by atoms with Gasteiger partial charge in [0.1, 0.15) is 4.60 Å². The monoisotopic (exact) mass is 282 g/mol. The van der Waals surface area contributed by atoms with Crippen molar-refractivity contribution in [2.75, 3.05) is 7.05 Å². The first-order valence-electron chi connectivity index (χ1n) is 5.99. The summed E-state index contributed by atoms with van der Waals surface area (Å²) in [6.07, 6.45) is 5.51. The fourth-order valence-corrected chi connectivity index (χ4v) is 2.87. The first kappa shape index (κ1) is 12.1. The number of hydrogen-bond donors (Lipinski definition) is 0.